The lowest BCUT2D eigenvalue weighted by atomic mass is 9.83. The summed E-state index contributed by atoms with van der Waals surface area (Å²) >= 11 is 2.29. The van der Waals surface area contributed by atoms with Gasteiger partial charge in [-0.2, -0.15) is 5.26 Å². The summed E-state index contributed by atoms with van der Waals surface area (Å²) in [5, 5.41) is 9.16. The monoisotopic (exact) mass is 833 g/mol. The first-order chi connectivity index (χ1) is 26.1. The van der Waals surface area contributed by atoms with Gasteiger partial charge in [0.05, 0.1) is 17.7 Å². The molecule has 2 saturated carbocycles. The maximum atomic E-state index is 12.0. The summed E-state index contributed by atoms with van der Waals surface area (Å²) in [6, 6.07) is 31.8. The minimum atomic E-state index is -0.753. The SMILES string of the molecule is C#Cc1ccc([C@@H]2O[C@H](CC)[C@@H](C)[C@H](OC(C)=O)[C@H]2OC(C)=O)cc1Cc1ccc(C2CC2)cc1.N#Cc1ccc(I)cc1Cc1ccc(C2CC2)cc1. The molecule has 54 heavy (non-hydrogen) atoms. The summed E-state index contributed by atoms with van der Waals surface area (Å²) in [6.45, 7) is 6.73. The normalized spacial score (nSPS) is 21.8. The fourth-order valence-corrected chi connectivity index (χ4v) is 8.03. The van der Waals surface area contributed by atoms with Gasteiger partial charge in [-0.15, -0.1) is 6.42 Å². The molecule has 1 heterocycles. The Bertz CT molecular complexity index is 2030. The number of nitrogens with zero attached hydrogens (tertiary/aromatic N) is 1. The Kier molecular flexibility index (Phi) is 12.9. The number of nitriles is 1. The molecule has 7 heteroatoms. The van der Waals surface area contributed by atoms with Crippen LogP contribution in [0.2, 0.25) is 0 Å². The molecule has 3 fully saturated rings. The summed E-state index contributed by atoms with van der Waals surface area (Å²) in [4.78, 5) is 23.9. The van der Waals surface area contributed by atoms with Gasteiger partial charge in [0.1, 0.15) is 12.2 Å². The standard InChI is InChI=1S/C30H34O5.C17H14IN/c1-6-22-12-15-25(17-26(22)16-21-8-10-23(11-9-21)24-13-14-24)29-30(34-20(5)32)28(33-19(4)31)18(3)27(7-2)35-29;18-17-8-7-15(11-19)16(10-17)9-12-1-3-13(4-2-12)14-5-6-14/h1,8-12,15,17-18,24,27-30H,7,13-14,16H2,2-5H3;1-4,7-8,10,14H,5-6,9H2/t18-,27-,28+,29+,30-;/m1./s1. The van der Waals surface area contributed by atoms with E-state index in [-0.39, 0.29) is 12.0 Å². The molecule has 0 amide bonds. The molecule has 1 saturated heterocycles. The van der Waals surface area contributed by atoms with Crippen LogP contribution in [0.3, 0.4) is 0 Å². The fraction of sp³-hybridized carbons (Fsp3) is 0.383. The second kappa shape index (κ2) is 17.8. The molecular weight excluding hydrogens is 785 g/mol. The molecule has 3 aliphatic rings. The lowest BCUT2D eigenvalue weighted by molar-refractivity contribution is -0.225. The maximum Gasteiger partial charge on any atom is 0.303 e. The lowest BCUT2D eigenvalue weighted by Crippen LogP contribution is -2.52. The van der Waals surface area contributed by atoms with E-state index in [4.69, 9.17) is 25.9 Å². The minimum absolute atomic E-state index is 0.126. The van der Waals surface area contributed by atoms with Crippen molar-refractivity contribution in [2.45, 2.75) is 109 Å². The smallest absolute Gasteiger partial charge is 0.303 e. The first-order valence-electron chi connectivity index (χ1n) is 19.0. The van der Waals surface area contributed by atoms with Gasteiger partial charge in [0.15, 0.2) is 6.10 Å². The summed E-state index contributed by atoms with van der Waals surface area (Å²) in [5.74, 6) is 3.34. The van der Waals surface area contributed by atoms with E-state index in [2.05, 4.69) is 89.2 Å². The van der Waals surface area contributed by atoms with Crippen molar-refractivity contribution in [3.05, 3.63) is 139 Å². The minimum Gasteiger partial charge on any atom is -0.458 e. The van der Waals surface area contributed by atoms with Crippen LogP contribution in [0.5, 0.6) is 0 Å². The Morgan fingerprint density at radius 1 is 0.759 bits per heavy atom. The van der Waals surface area contributed by atoms with Crippen molar-refractivity contribution in [1.82, 2.24) is 0 Å². The number of hydrogen-bond acceptors (Lipinski definition) is 6. The summed E-state index contributed by atoms with van der Waals surface area (Å²) in [5.41, 5.74) is 9.90. The van der Waals surface area contributed by atoms with Crippen LogP contribution in [-0.2, 0) is 36.6 Å². The largest absolute Gasteiger partial charge is 0.458 e. The van der Waals surface area contributed by atoms with Gasteiger partial charge < -0.3 is 14.2 Å². The van der Waals surface area contributed by atoms with Crippen LogP contribution >= 0.6 is 22.6 Å². The van der Waals surface area contributed by atoms with Gasteiger partial charge in [-0.25, -0.2) is 0 Å². The van der Waals surface area contributed by atoms with Gasteiger partial charge in [0.25, 0.3) is 0 Å². The molecule has 1 aliphatic heterocycles. The van der Waals surface area contributed by atoms with Crippen LogP contribution in [0.4, 0.5) is 0 Å². The van der Waals surface area contributed by atoms with Crippen molar-refractivity contribution < 1.29 is 23.8 Å². The molecule has 7 rings (SSSR count). The molecule has 0 bridgehead atoms. The van der Waals surface area contributed by atoms with Gasteiger partial charge in [0, 0.05) is 28.9 Å². The second-order valence-corrected chi connectivity index (χ2v) is 16.1. The van der Waals surface area contributed by atoms with Gasteiger partial charge in [-0.3, -0.25) is 9.59 Å². The van der Waals surface area contributed by atoms with Gasteiger partial charge in [-0.1, -0.05) is 80.4 Å². The van der Waals surface area contributed by atoms with Crippen molar-refractivity contribution in [3.63, 3.8) is 0 Å². The van der Waals surface area contributed by atoms with Gasteiger partial charge in [0.2, 0.25) is 0 Å². The molecular formula is C47H48INO5. The Labute approximate surface area is 333 Å². The highest BCUT2D eigenvalue weighted by molar-refractivity contribution is 14.1. The molecule has 6 nitrogen and oxygen atoms in total. The Morgan fingerprint density at radius 3 is 1.74 bits per heavy atom. The highest BCUT2D eigenvalue weighted by Crippen LogP contribution is 2.42. The lowest BCUT2D eigenvalue weighted by Gasteiger charge is -2.44. The van der Waals surface area contributed by atoms with Crippen LogP contribution in [0.25, 0.3) is 0 Å². The van der Waals surface area contributed by atoms with Gasteiger partial charge in [-0.05, 0) is 143 Å². The zero-order valence-electron chi connectivity index (χ0n) is 31.5. The van der Waals surface area contributed by atoms with E-state index in [1.807, 2.05) is 44.2 Å². The Balaban J connectivity index is 0.000000219. The topological polar surface area (TPSA) is 85.6 Å². The molecule has 4 aromatic carbocycles. The fourth-order valence-electron chi connectivity index (χ4n) is 7.48. The first-order valence-corrected chi connectivity index (χ1v) is 20.1. The van der Waals surface area contributed by atoms with E-state index in [1.165, 1.54) is 65.4 Å². The van der Waals surface area contributed by atoms with E-state index in [0.717, 1.165) is 52.5 Å². The number of benzene rings is 4. The third-order valence-corrected chi connectivity index (χ3v) is 11.4. The van der Waals surface area contributed by atoms with Crippen molar-refractivity contribution in [2.24, 2.45) is 5.92 Å². The highest BCUT2D eigenvalue weighted by Gasteiger charge is 2.47. The van der Waals surface area contributed by atoms with E-state index in [1.54, 1.807) is 0 Å². The Morgan fingerprint density at radius 2 is 1.26 bits per heavy atom. The number of esters is 2. The number of halogens is 1. The number of hydrogen-bond donors (Lipinski definition) is 0. The summed E-state index contributed by atoms with van der Waals surface area (Å²) in [6.07, 6.45) is 11.2. The number of ether oxygens (including phenoxy) is 3. The van der Waals surface area contributed by atoms with Crippen LogP contribution < -0.4 is 0 Å². The molecule has 0 radical (unpaired) electrons. The van der Waals surface area contributed by atoms with E-state index in [9.17, 15) is 9.59 Å². The van der Waals surface area contributed by atoms with Crippen molar-refractivity contribution in [2.75, 3.05) is 0 Å². The molecule has 278 valence electrons. The highest BCUT2D eigenvalue weighted by atomic mass is 127. The van der Waals surface area contributed by atoms with Crippen LogP contribution in [0.1, 0.15) is 128 Å². The average molecular weight is 834 g/mol. The number of terminal acetylenes is 1. The molecule has 2 aliphatic carbocycles. The van der Waals surface area contributed by atoms with Crippen molar-refractivity contribution >= 4 is 34.5 Å². The predicted octanol–water partition coefficient (Wildman–Crippen LogP) is 10.1. The van der Waals surface area contributed by atoms with E-state index >= 15 is 0 Å². The molecule has 0 aromatic heterocycles. The Hall–Kier alpha value is -4.44. The van der Waals surface area contributed by atoms with Crippen LogP contribution in [-0.4, -0.2) is 30.3 Å². The van der Waals surface area contributed by atoms with Crippen molar-refractivity contribution in [1.29, 1.82) is 5.26 Å². The third-order valence-electron chi connectivity index (χ3n) is 10.7. The zero-order valence-corrected chi connectivity index (χ0v) is 33.7. The average Bonchev–Trinajstić information content (AvgIpc) is 4.09. The number of carbonyl (C=O) groups is 2. The molecule has 5 atom stereocenters. The quantitative estimate of drug-likeness (QED) is 0.0899. The first kappa shape index (κ1) is 39.3. The molecule has 0 N–H and O–H groups in total. The van der Waals surface area contributed by atoms with Crippen LogP contribution in [0.15, 0.2) is 84.9 Å². The molecule has 4 aromatic rings. The van der Waals surface area contributed by atoms with Gasteiger partial charge >= 0.3 is 11.9 Å². The van der Waals surface area contributed by atoms with Crippen molar-refractivity contribution in [3.8, 4) is 18.4 Å². The second-order valence-electron chi connectivity index (χ2n) is 14.9. The third kappa shape index (κ3) is 10.00. The number of rotatable bonds is 10. The van der Waals surface area contributed by atoms with E-state index < -0.39 is 30.3 Å². The molecule has 0 spiro atoms. The zero-order chi connectivity index (χ0) is 38.4. The van der Waals surface area contributed by atoms with E-state index in [0.29, 0.717) is 6.42 Å². The predicted molar refractivity (Wildman–Crippen MR) is 219 cm³/mol. The number of carbonyl (C=O) groups excluding carboxylic acids is 2. The summed E-state index contributed by atoms with van der Waals surface area (Å²) in [7, 11) is 0. The van der Waals surface area contributed by atoms with Crippen LogP contribution in [0, 0.1) is 33.2 Å². The maximum absolute atomic E-state index is 12.0. The summed E-state index contributed by atoms with van der Waals surface area (Å²) < 4.78 is 19.0. The molecule has 0 unspecified atom stereocenters.